The molecule has 0 radical (unpaired) electrons. The summed E-state index contributed by atoms with van der Waals surface area (Å²) in [7, 11) is 0. The molecule has 0 aliphatic rings. The maximum atomic E-state index is 10.8. The molecule has 3 aromatic rings. The Kier molecular flexibility index (Phi) is 3.30. The highest BCUT2D eigenvalue weighted by Gasteiger charge is 2.12. The summed E-state index contributed by atoms with van der Waals surface area (Å²) in [4.78, 5) is 10.8. The van der Waals surface area contributed by atoms with Crippen LogP contribution < -0.4 is 4.74 Å². The van der Waals surface area contributed by atoms with E-state index in [2.05, 4.69) is 4.37 Å². The van der Waals surface area contributed by atoms with Crippen LogP contribution in [0.25, 0.3) is 10.9 Å². The van der Waals surface area contributed by atoms with Gasteiger partial charge in [0.05, 0.1) is 21.5 Å². The van der Waals surface area contributed by atoms with E-state index in [-0.39, 0.29) is 10.6 Å². The largest absolute Gasteiger partial charge is 0.478 e. The molecule has 0 bridgehead atoms. The normalized spacial score (nSPS) is 10.7. The van der Waals surface area contributed by atoms with Gasteiger partial charge >= 0.3 is 5.97 Å². The van der Waals surface area contributed by atoms with Crippen LogP contribution in [0.15, 0.2) is 42.5 Å². The number of aromatic nitrogens is 1. The van der Waals surface area contributed by atoms with Crippen molar-refractivity contribution < 1.29 is 14.6 Å². The molecule has 0 spiro atoms. The zero-order valence-corrected chi connectivity index (χ0v) is 11.6. The molecule has 0 amide bonds. The minimum atomic E-state index is -1.03. The maximum Gasteiger partial charge on any atom is 0.335 e. The molecule has 20 heavy (non-hydrogen) atoms. The molecule has 2 aromatic carbocycles. The second-order valence-corrected chi connectivity index (χ2v) is 5.18. The molecular formula is C14H8ClNO3S. The van der Waals surface area contributed by atoms with Crippen LogP contribution in [0.5, 0.6) is 10.8 Å². The SMILES string of the molecule is O=C(O)c1ccc(Oc2snc3ccccc23)c(Cl)c1. The number of ether oxygens (including phenoxy) is 1. The summed E-state index contributed by atoms with van der Waals surface area (Å²) in [6.07, 6.45) is 0. The fourth-order valence-corrected chi connectivity index (χ4v) is 2.71. The van der Waals surface area contributed by atoms with E-state index in [1.54, 1.807) is 6.07 Å². The highest BCUT2D eigenvalue weighted by Crippen LogP contribution is 2.36. The molecule has 1 N–H and O–H groups in total. The maximum absolute atomic E-state index is 10.8. The van der Waals surface area contributed by atoms with Crippen LogP contribution in [0.3, 0.4) is 0 Å². The summed E-state index contributed by atoms with van der Waals surface area (Å²) in [5.41, 5.74) is 0.974. The number of nitrogens with zero attached hydrogens (tertiary/aromatic N) is 1. The predicted octanol–water partition coefficient (Wildman–Crippen LogP) is 4.44. The average molecular weight is 306 g/mol. The van der Waals surface area contributed by atoms with Gasteiger partial charge < -0.3 is 9.84 Å². The Balaban J connectivity index is 1.97. The Hall–Kier alpha value is -2.11. The van der Waals surface area contributed by atoms with Crippen LogP contribution in [0, 0.1) is 0 Å². The molecule has 0 aliphatic heterocycles. The Morgan fingerprint density at radius 2 is 2.05 bits per heavy atom. The minimum Gasteiger partial charge on any atom is -0.478 e. The van der Waals surface area contributed by atoms with Crippen LogP contribution >= 0.6 is 23.1 Å². The third-order valence-electron chi connectivity index (χ3n) is 2.73. The topological polar surface area (TPSA) is 59.4 Å². The van der Waals surface area contributed by atoms with Crippen molar-refractivity contribution in [2.45, 2.75) is 0 Å². The van der Waals surface area contributed by atoms with Crippen LogP contribution in [-0.4, -0.2) is 15.4 Å². The Morgan fingerprint density at radius 1 is 1.25 bits per heavy atom. The summed E-state index contributed by atoms with van der Waals surface area (Å²) in [5, 5.41) is 10.7. The molecule has 100 valence electrons. The van der Waals surface area contributed by atoms with Crippen molar-refractivity contribution >= 4 is 40.0 Å². The third-order valence-corrected chi connectivity index (χ3v) is 3.78. The van der Waals surface area contributed by atoms with Crippen LogP contribution in [-0.2, 0) is 0 Å². The number of hydrogen-bond donors (Lipinski definition) is 1. The number of rotatable bonds is 3. The molecule has 0 saturated carbocycles. The Bertz CT molecular complexity index is 800. The number of hydrogen-bond acceptors (Lipinski definition) is 4. The molecule has 1 aromatic heterocycles. The fourth-order valence-electron chi connectivity index (χ4n) is 1.76. The van der Waals surface area contributed by atoms with Gasteiger partial charge in [0.1, 0.15) is 5.75 Å². The van der Waals surface area contributed by atoms with Gasteiger partial charge in [-0.15, -0.1) is 0 Å². The number of fused-ring (bicyclic) bond motifs is 1. The molecule has 1 heterocycles. The molecule has 0 saturated heterocycles. The summed E-state index contributed by atoms with van der Waals surface area (Å²) >= 11 is 7.27. The van der Waals surface area contributed by atoms with Crippen molar-refractivity contribution in [3.63, 3.8) is 0 Å². The highest BCUT2D eigenvalue weighted by molar-refractivity contribution is 7.09. The summed E-state index contributed by atoms with van der Waals surface area (Å²) < 4.78 is 10.00. The van der Waals surface area contributed by atoms with Gasteiger partial charge in [-0.2, -0.15) is 4.37 Å². The van der Waals surface area contributed by atoms with Gasteiger partial charge in [-0.05, 0) is 30.3 Å². The number of carbonyl (C=O) groups is 1. The molecule has 0 fully saturated rings. The quantitative estimate of drug-likeness (QED) is 0.777. The van der Waals surface area contributed by atoms with E-state index in [4.69, 9.17) is 21.4 Å². The molecule has 0 unspecified atom stereocenters. The minimum absolute atomic E-state index is 0.122. The lowest BCUT2D eigenvalue weighted by Gasteiger charge is -2.06. The van der Waals surface area contributed by atoms with Gasteiger partial charge in [-0.3, -0.25) is 0 Å². The number of aromatic carboxylic acids is 1. The molecule has 0 aliphatic carbocycles. The summed E-state index contributed by atoms with van der Waals surface area (Å²) in [6, 6.07) is 12.0. The van der Waals surface area contributed by atoms with Crippen molar-refractivity contribution in [2.75, 3.05) is 0 Å². The molecule has 0 atom stereocenters. The van der Waals surface area contributed by atoms with Crippen molar-refractivity contribution in [2.24, 2.45) is 0 Å². The second-order valence-electron chi connectivity index (χ2n) is 4.04. The lowest BCUT2D eigenvalue weighted by molar-refractivity contribution is 0.0697. The van der Waals surface area contributed by atoms with Crippen LogP contribution in [0.4, 0.5) is 0 Å². The molecule has 3 rings (SSSR count). The van der Waals surface area contributed by atoms with E-state index in [1.165, 1.54) is 23.7 Å². The Morgan fingerprint density at radius 3 is 2.80 bits per heavy atom. The van der Waals surface area contributed by atoms with Crippen molar-refractivity contribution in [1.29, 1.82) is 0 Å². The van der Waals surface area contributed by atoms with Crippen molar-refractivity contribution in [1.82, 2.24) is 4.37 Å². The van der Waals surface area contributed by atoms with Crippen LogP contribution in [0.2, 0.25) is 5.02 Å². The third kappa shape index (κ3) is 2.33. The first-order valence-corrected chi connectivity index (χ1v) is 6.85. The predicted molar refractivity (Wildman–Crippen MR) is 78.1 cm³/mol. The monoisotopic (exact) mass is 305 g/mol. The Labute approximate surface area is 123 Å². The number of carboxylic acid groups (broad SMARTS) is 1. The first kappa shape index (κ1) is 12.9. The number of halogens is 1. The van der Waals surface area contributed by atoms with Crippen molar-refractivity contribution in [3.8, 4) is 10.8 Å². The first-order valence-electron chi connectivity index (χ1n) is 5.70. The van der Waals surface area contributed by atoms with E-state index >= 15 is 0 Å². The van der Waals surface area contributed by atoms with Gasteiger partial charge in [0, 0.05) is 11.5 Å². The van der Waals surface area contributed by atoms with E-state index < -0.39 is 5.97 Å². The van der Waals surface area contributed by atoms with Crippen molar-refractivity contribution in [3.05, 3.63) is 53.1 Å². The van der Waals surface area contributed by atoms with E-state index in [9.17, 15) is 4.79 Å². The lowest BCUT2D eigenvalue weighted by Crippen LogP contribution is -1.96. The second kappa shape index (κ2) is 5.11. The van der Waals surface area contributed by atoms with Gasteiger partial charge in [0.15, 0.2) is 0 Å². The smallest absolute Gasteiger partial charge is 0.335 e. The van der Waals surface area contributed by atoms with E-state index in [0.717, 1.165) is 10.9 Å². The lowest BCUT2D eigenvalue weighted by atomic mass is 10.2. The molecular weight excluding hydrogens is 298 g/mol. The zero-order chi connectivity index (χ0) is 14.1. The number of benzene rings is 2. The number of carboxylic acids is 1. The molecule has 4 nitrogen and oxygen atoms in total. The zero-order valence-electron chi connectivity index (χ0n) is 10.0. The van der Waals surface area contributed by atoms with Gasteiger partial charge in [0.2, 0.25) is 5.06 Å². The van der Waals surface area contributed by atoms with Gasteiger partial charge in [-0.25, -0.2) is 4.79 Å². The fraction of sp³-hybridized carbons (Fsp3) is 0. The van der Waals surface area contributed by atoms with Gasteiger partial charge in [0.25, 0.3) is 0 Å². The van der Waals surface area contributed by atoms with Gasteiger partial charge in [-0.1, -0.05) is 23.7 Å². The summed E-state index contributed by atoms with van der Waals surface area (Å²) in [6.45, 7) is 0. The van der Waals surface area contributed by atoms with Crippen LogP contribution in [0.1, 0.15) is 10.4 Å². The molecule has 6 heteroatoms. The van der Waals surface area contributed by atoms with E-state index in [0.29, 0.717) is 10.8 Å². The van der Waals surface area contributed by atoms with E-state index in [1.807, 2.05) is 24.3 Å². The average Bonchev–Trinajstić information content (AvgIpc) is 2.84. The first-order chi connectivity index (χ1) is 9.65. The standard InChI is InChI=1S/C14H8ClNO3S/c15-10-7-8(13(17)18)5-6-12(10)19-14-9-3-1-2-4-11(9)16-20-14/h1-7H,(H,17,18). The summed E-state index contributed by atoms with van der Waals surface area (Å²) in [5.74, 6) is -0.618. The highest BCUT2D eigenvalue weighted by atomic mass is 35.5.